The molecule has 1 atom stereocenters. The standard InChI is InChI=1S/C20H26N4O2/c1-15-21-11-12-24(15)18-7-5-16(6-8-18)22-19(25)23-17-13-20(26-14-17)9-3-2-4-10-20/h5-8,11-12,17H,2-4,9-10,13-14H2,1H3,(H2,22,23,25). The Bertz CT molecular complexity index is 762. The van der Waals surface area contributed by atoms with E-state index in [0.29, 0.717) is 6.61 Å². The van der Waals surface area contributed by atoms with Crippen molar-refractivity contribution >= 4 is 11.7 Å². The third kappa shape index (κ3) is 3.60. The van der Waals surface area contributed by atoms with Gasteiger partial charge in [0, 0.05) is 23.8 Å². The van der Waals surface area contributed by atoms with E-state index in [2.05, 4.69) is 15.6 Å². The van der Waals surface area contributed by atoms with Crippen molar-refractivity contribution in [3.63, 3.8) is 0 Å². The molecule has 26 heavy (non-hydrogen) atoms. The van der Waals surface area contributed by atoms with Crippen molar-refractivity contribution in [2.75, 3.05) is 11.9 Å². The van der Waals surface area contributed by atoms with E-state index in [-0.39, 0.29) is 17.7 Å². The van der Waals surface area contributed by atoms with Crippen molar-refractivity contribution in [1.82, 2.24) is 14.9 Å². The molecule has 2 heterocycles. The number of carbonyl (C=O) groups is 1. The van der Waals surface area contributed by atoms with Crippen LogP contribution in [-0.4, -0.2) is 33.8 Å². The number of aromatic nitrogens is 2. The maximum absolute atomic E-state index is 12.3. The molecular weight excluding hydrogens is 328 g/mol. The van der Waals surface area contributed by atoms with Gasteiger partial charge >= 0.3 is 6.03 Å². The summed E-state index contributed by atoms with van der Waals surface area (Å²) in [6, 6.07) is 7.68. The summed E-state index contributed by atoms with van der Waals surface area (Å²) in [5.41, 5.74) is 1.81. The first kappa shape index (κ1) is 17.1. The van der Waals surface area contributed by atoms with Gasteiger partial charge in [0.05, 0.1) is 18.2 Å². The first-order valence-corrected chi connectivity index (χ1v) is 9.45. The number of carbonyl (C=O) groups excluding carboxylic acids is 1. The lowest BCUT2D eigenvalue weighted by Gasteiger charge is -2.32. The van der Waals surface area contributed by atoms with E-state index >= 15 is 0 Å². The van der Waals surface area contributed by atoms with Gasteiger partial charge in [0.15, 0.2) is 0 Å². The van der Waals surface area contributed by atoms with E-state index in [4.69, 9.17) is 4.74 Å². The minimum Gasteiger partial charge on any atom is -0.373 e. The summed E-state index contributed by atoms with van der Waals surface area (Å²) in [6.45, 7) is 2.58. The van der Waals surface area contributed by atoms with E-state index in [1.807, 2.05) is 42.0 Å². The van der Waals surface area contributed by atoms with Gasteiger partial charge in [-0.2, -0.15) is 0 Å². The molecule has 2 fully saturated rings. The second-order valence-electron chi connectivity index (χ2n) is 7.45. The number of hydrogen-bond acceptors (Lipinski definition) is 3. The highest BCUT2D eigenvalue weighted by atomic mass is 16.5. The zero-order chi connectivity index (χ0) is 18.0. The number of aryl methyl sites for hydroxylation is 1. The van der Waals surface area contributed by atoms with Crippen LogP contribution in [-0.2, 0) is 4.74 Å². The first-order valence-electron chi connectivity index (χ1n) is 9.45. The van der Waals surface area contributed by atoms with Gasteiger partial charge in [0.25, 0.3) is 0 Å². The second kappa shape index (κ2) is 7.11. The number of benzene rings is 1. The van der Waals surface area contributed by atoms with Gasteiger partial charge in [0.2, 0.25) is 0 Å². The minimum absolute atomic E-state index is 0.0144. The molecule has 1 aliphatic heterocycles. The number of rotatable bonds is 3. The first-order chi connectivity index (χ1) is 12.6. The lowest BCUT2D eigenvalue weighted by atomic mass is 9.82. The van der Waals surface area contributed by atoms with Crippen LogP contribution in [0.3, 0.4) is 0 Å². The van der Waals surface area contributed by atoms with Gasteiger partial charge in [-0.3, -0.25) is 0 Å². The summed E-state index contributed by atoms with van der Waals surface area (Å²) in [4.78, 5) is 16.5. The molecule has 138 valence electrons. The van der Waals surface area contributed by atoms with Gasteiger partial charge in [0.1, 0.15) is 5.82 Å². The molecule has 2 aliphatic rings. The summed E-state index contributed by atoms with van der Waals surface area (Å²) in [6.07, 6.45) is 10.7. The Morgan fingerprint density at radius 2 is 2.00 bits per heavy atom. The zero-order valence-corrected chi connectivity index (χ0v) is 15.2. The molecule has 1 aliphatic carbocycles. The average Bonchev–Trinajstić information content (AvgIpc) is 3.23. The predicted octanol–water partition coefficient (Wildman–Crippen LogP) is 3.79. The van der Waals surface area contributed by atoms with Gasteiger partial charge in [-0.15, -0.1) is 0 Å². The summed E-state index contributed by atoms with van der Waals surface area (Å²) in [5.74, 6) is 0.932. The monoisotopic (exact) mass is 354 g/mol. The molecule has 2 N–H and O–H groups in total. The Kier molecular flexibility index (Phi) is 4.68. The SMILES string of the molecule is Cc1nccn1-c1ccc(NC(=O)NC2COC3(CCCCC3)C2)cc1. The highest BCUT2D eigenvalue weighted by Crippen LogP contribution is 2.39. The summed E-state index contributed by atoms with van der Waals surface area (Å²) >= 11 is 0. The van der Waals surface area contributed by atoms with Crippen molar-refractivity contribution in [2.45, 2.75) is 57.1 Å². The van der Waals surface area contributed by atoms with Crippen molar-refractivity contribution in [3.8, 4) is 5.69 Å². The van der Waals surface area contributed by atoms with Crippen LogP contribution in [0.15, 0.2) is 36.7 Å². The van der Waals surface area contributed by atoms with Crippen LogP contribution < -0.4 is 10.6 Å². The van der Waals surface area contributed by atoms with Crippen LogP contribution in [0.2, 0.25) is 0 Å². The van der Waals surface area contributed by atoms with E-state index in [0.717, 1.165) is 36.5 Å². The number of anilines is 1. The fourth-order valence-corrected chi connectivity index (χ4v) is 4.19. The van der Waals surface area contributed by atoms with Crippen LogP contribution in [0.5, 0.6) is 0 Å². The van der Waals surface area contributed by atoms with E-state index < -0.39 is 0 Å². The van der Waals surface area contributed by atoms with E-state index in [9.17, 15) is 4.79 Å². The fraction of sp³-hybridized carbons (Fsp3) is 0.500. The van der Waals surface area contributed by atoms with Crippen LogP contribution in [0.4, 0.5) is 10.5 Å². The van der Waals surface area contributed by atoms with Crippen LogP contribution in [0, 0.1) is 6.92 Å². The molecule has 6 heteroatoms. The molecule has 1 aromatic heterocycles. The maximum Gasteiger partial charge on any atom is 0.319 e. The van der Waals surface area contributed by atoms with Crippen molar-refractivity contribution < 1.29 is 9.53 Å². The smallest absolute Gasteiger partial charge is 0.319 e. The van der Waals surface area contributed by atoms with Crippen molar-refractivity contribution in [1.29, 1.82) is 0 Å². The Balaban J connectivity index is 1.32. The molecule has 1 aromatic carbocycles. The van der Waals surface area contributed by atoms with Gasteiger partial charge in [-0.05, 0) is 50.5 Å². The topological polar surface area (TPSA) is 68.2 Å². The highest BCUT2D eigenvalue weighted by Gasteiger charge is 2.41. The van der Waals surface area contributed by atoms with Gasteiger partial charge < -0.3 is 19.9 Å². The normalized spacial score (nSPS) is 21.7. The molecule has 4 rings (SSSR count). The minimum atomic E-state index is -0.168. The fourth-order valence-electron chi connectivity index (χ4n) is 4.19. The largest absolute Gasteiger partial charge is 0.373 e. The summed E-state index contributed by atoms with van der Waals surface area (Å²) in [7, 11) is 0. The number of urea groups is 1. The highest BCUT2D eigenvalue weighted by molar-refractivity contribution is 5.89. The van der Waals surface area contributed by atoms with Crippen LogP contribution in [0.1, 0.15) is 44.3 Å². The molecule has 1 unspecified atom stereocenters. The number of amides is 2. The van der Waals surface area contributed by atoms with E-state index in [1.54, 1.807) is 6.20 Å². The molecular formula is C20H26N4O2. The quantitative estimate of drug-likeness (QED) is 0.881. The Morgan fingerprint density at radius 1 is 1.23 bits per heavy atom. The Hall–Kier alpha value is -2.34. The summed E-state index contributed by atoms with van der Waals surface area (Å²) < 4.78 is 8.07. The molecule has 2 aromatic rings. The molecule has 1 spiro atoms. The van der Waals surface area contributed by atoms with Gasteiger partial charge in [-0.1, -0.05) is 19.3 Å². The molecule has 2 amide bonds. The molecule has 1 saturated heterocycles. The number of hydrogen-bond donors (Lipinski definition) is 2. The van der Waals surface area contributed by atoms with Crippen molar-refractivity contribution in [3.05, 3.63) is 42.5 Å². The summed E-state index contributed by atoms with van der Waals surface area (Å²) in [5, 5.41) is 5.98. The number of ether oxygens (including phenoxy) is 1. The average molecular weight is 354 g/mol. The zero-order valence-electron chi connectivity index (χ0n) is 15.2. The van der Waals surface area contributed by atoms with E-state index in [1.165, 1.54) is 19.3 Å². The Morgan fingerprint density at radius 3 is 2.69 bits per heavy atom. The van der Waals surface area contributed by atoms with Crippen LogP contribution in [0.25, 0.3) is 5.69 Å². The maximum atomic E-state index is 12.3. The second-order valence-corrected chi connectivity index (χ2v) is 7.45. The third-order valence-corrected chi connectivity index (χ3v) is 5.54. The Labute approximate surface area is 154 Å². The lowest BCUT2D eigenvalue weighted by Crippen LogP contribution is -2.39. The predicted molar refractivity (Wildman–Crippen MR) is 101 cm³/mol. The molecule has 0 radical (unpaired) electrons. The lowest BCUT2D eigenvalue weighted by molar-refractivity contribution is -0.0245. The number of nitrogens with zero attached hydrogens (tertiary/aromatic N) is 2. The third-order valence-electron chi connectivity index (χ3n) is 5.54. The number of imidazole rings is 1. The molecule has 1 saturated carbocycles. The number of nitrogens with one attached hydrogen (secondary N) is 2. The van der Waals surface area contributed by atoms with Gasteiger partial charge in [-0.25, -0.2) is 9.78 Å². The van der Waals surface area contributed by atoms with Crippen LogP contribution >= 0.6 is 0 Å². The molecule has 6 nitrogen and oxygen atoms in total. The van der Waals surface area contributed by atoms with Crippen molar-refractivity contribution in [2.24, 2.45) is 0 Å². The molecule has 0 bridgehead atoms.